The van der Waals surface area contributed by atoms with Crippen LogP contribution in [0.25, 0.3) is 11.5 Å². The maximum Gasteiger partial charge on any atom is 0.404 e. The highest BCUT2D eigenvalue weighted by atomic mass is 35.5. The Hall–Kier alpha value is -1.67. The fourth-order valence-electron chi connectivity index (χ4n) is 2.30. The van der Waals surface area contributed by atoms with Crippen LogP contribution in [-0.4, -0.2) is 34.4 Å². The zero-order valence-electron chi connectivity index (χ0n) is 10.6. The van der Waals surface area contributed by atoms with Crippen molar-refractivity contribution in [3.8, 4) is 11.5 Å². The van der Waals surface area contributed by atoms with Gasteiger partial charge in [-0.2, -0.15) is 18.2 Å². The van der Waals surface area contributed by atoms with Gasteiger partial charge in [0.25, 0.3) is 0 Å². The Morgan fingerprint density at radius 1 is 1.38 bits per heavy atom. The van der Waals surface area contributed by atoms with E-state index in [1.54, 1.807) is 12.1 Å². The van der Waals surface area contributed by atoms with Gasteiger partial charge in [0.1, 0.15) is 5.69 Å². The van der Waals surface area contributed by atoms with Crippen molar-refractivity contribution >= 4 is 11.6 Å². The SMILES string of the molecule is FC(F)(F)C1(c2nc(-c3ncccc3Cl)no2)CCNC1. The highest BCUT2D eigenvalue weighted by Gasteiger charge is 2.61. The second kappa shape index (κ2) is 4.96. The molecule has 1 atom stereocenters. The number of alkyl halides is 3. The first-order valence-electron chi connectivity index (χ1n) is 6.16. The van der Waals surface area contributed by atoms with Gasteiger partial charge in [-0.3, -0.25) is 4.98 Å². The summed E-state index contributed by atoms with van der Waals surface area (Å²) in [4.78, 5) is 7.84. The van der Waals surface area contributed by atoms with Gasteiger partial charge in [-0.05, 0) is 25.1 Å². The average Bonchev–Trinajstić information content (AvgIpc) is 3.08. The monoisotopic (exact) mass is 318 g/mol. The van der Waals surface area contributed by atoms with Crippen molar-refractivity contribution in [2.45, 2.75) is 18.0 Å². The predicted octanol–water partition coefficient (Wildman–Crippen LogP) is 2.58. The number of halogens is 4. The Morgan fingerprint density at radius 2 is 2.19 bits per heavy atom. The fraction of sp³-hybridized carbons (Fsp3) is 0.417. The number of rotatable bonds is 2. The minimum atomic E-state index is -4.48. The lowest BCUT2D eigenvalue weighted by molar-refractivity contribution is -0.191. The predicted molar refractivity (Wildman–Crippen MR) is 67.8 cm³/mol. The van der Waals surface area contributed by atoms with Gasteiger partial charge < -0.3 is 9.84 Å². The van der Waals surface area contributed by atoms with Crippen molar-refractivity contribution in [3.63, 3.8) is 0 Å². The molecule has 1 aliphatic rings. The molecule has 1 N–H and O–H groups in total. The van der Waals surface area contributed by atoms with E-state index >= 15 is 0 Å². The summed E-state index contributed by atoms with van der Waals surface area (Å²) in [6, 6.07) is 3.15. The van der Waals surface area contributed by atoms with Crippen LogP contribution >= 0.6 is 11.6 Å². The molecule has 2 aromatic heterocycles. The molecule has 3 heterocycles. The molecule has 5 nitrogen and oxygen atoms in total. The van der Waals surface area contributed by atoms with Crippen molar-refractivity contribution < 1.29 is 17.7 Å². The summed E-state index contributed by atoms with van der Waals surface area (Å²) in [5.41, 5.74) is -1.96. The molecule has 0 amide bonds. The molecule has 0 radical (unpaired) electrons. The van der Waals surface area contributed by atoms with E-state index in [0.29, 0.717) is 0 Å². The van der Waals surface area contributed by atoms with Gasteiger partial charge in [0, 0.05) is 12.7 Å². The van der Waals surface area contributed by atoms with Crippen molar-refractivity contribution in [1.82, 2.24) is 20.4 Å². The molecule has 0 aromatic carbocycles. The summed E-state index contributed by atoms with van der Waals surface area (Å²) < 4.78 is 45.0. The van der Waals surface area contributed by atoms with Crippen molar-refractivity contribution in [1.29, 1.82) is 0 Å². The van der Waals surface area contributed by atoms with Gasteiger partial charge in [0.2, 0.25) is 11.7 Å². The first-order chi connectivity index (χ1) is 9.94. The van der Waals surface area contributed by atoms with Crippen LogP contribution in [0, 0.1) is 0 Å². The first kappa shape index (κ1) is 14.3. The largest absolute Gasteiger partial charge is 0.404 e. The Labute approximate surface area is 122 Å². The number of aromatic nitrogens is 3. The van der Waals surface area contributed by atoms with E-state index in [1.807, 2.05) is 0 Å². The van der Waals surface area contributed by atoms with Gasteiger partial charge in [-0.1, -0.05) is 16.8 Å². The van der Waals surface area contributed by atoms with Crippen LogP contribution in [0.15, 0.2) is 22.9 Å². The van der Waals surface area contributed by atoms with Crippen LogP contribution in [0.4, 0.5) is 13.2 Å². The fourth-order valence-corrected chi connectivity index (χ4v) is 2.51. The third-order valence-electron chi connectivity index (χ3n) is 3.50. The standard InChI is InChI=1S/C12H10ClF3N4O/c13-7-2-1-4-18-8(7)9-19-10(21-20-9)11(12(14,15)16)3-5-17-6-11/h1-2,4,17H,3,5-6H2. The summed E-state index contributed by atoms with van der Waals surface area (Å²) in [5.74, 6) is -0.511. The molecule has 1 saturated heterocycles. The van der Waals surface area contributed by atoms with Crippen LogP contribution in [-0.2, 0) is 5.41 Å². The number of pyridine rings is 1. The van der Waals surface area contributed by atoms with Crippen LogP contribution in [0.5, 0.6) is 0 Å². The molecule has 1 unspecified atom stereocenters. The van der Waals surface area contributed by atoms with E-state index in [4.69, 9.17) is 16.1 Å². The number of nitrogens with one attached hydrogen (secondary N) is 1. The minimum Gasteiger partial charge on any atom is -0.338 e. The van der Waals surface area contributed by atoms with Crippen molar-refractivity contribution in [2.24, 2.45) is 0 Å². The smallest absolute Gasteiger partial charge is 0.338 e. The quantitative estimate of drug-likeness (QED) is 0.922. The Bertz CT molecular complexity index is 652. The number of hydrogen-bond donors (Lipinski definition) is 1. The van der Waals surface area contributed by atoms with Crippen LogP contribution in [0.3, 0.4) is 0 Å². The Morgan fingerprint density at radius 3 is 2.81 bits per heavy atom. The zero-order valence-corrected chi connectivity index (χ0v) is 11.4. The van der Waals surface area contributed by atoms with E-state index < -0.39 is 17.5 Å². The van der Waals surface area contributed by atoms with Crippen LogP contribution < -0.4 is 5.32 Å². The molecule has 1 aliphatic heterocycles. The second-order valence-electron chi connectivity index (χ2n) is 4.76. The van der Waals surface area contributed by atoms with Crippen LogP contribution in [0.2, 0.25) is 5.02 Å². The lowest BCUT2D eigenvalue weighted by Crippen LogP contribution is -2.44. The molecule has 1 fully saturated rings. The summed E-state index contributed by atoms with van der Waals surface area (Å²) in [7, 11) is 0. The molecule has 21 heavy (non-hydrogen) atoms. The lowest BCUT2D eigenvalue weighted by Gasteiger charge is -2.26. The second-order valence-corrected chi connectivity index (χ2v) is 5.17. The highest BCUT2D eigenvalue weighted by Crippen LogP contribution is 2.45. The highest BCUT2D eigenvalue weighted by molar-refractivity contribution is 6.32. The molecule has 0 saturated carbocycles. The third-order valence-corrected chi connectivity index (χ3v) is 3.81. The molecular weight excluding hydrogens is 309 g/mol. The van der Waals surface area contributed by atoms with Crippen molar-refractivity contribution in [3.05, 3.63) is 29.2 Å². The molecule has 2 aromatic rings. The van der Waals surface area contributed by atoms with Gasteiger partial charge in [-0.15, -0.1) is 0 Å². The summed E-state index contributed by atoms with van der Waals surface area (Å²) in [6.07, 6.45) is -3.17. The summed E-state index contributed by atoms with van der Waals surface area (Å²) in [6.45, 7) is -0.0460. The molecule has 3 rings (SSSR count). The van der Waals surface area contributed by atoms with E-state index in [0.717, 1.165) is 0 Å². The molecular formula is C12H10ClF3N4O. The van der Waals surface area contributed by atoms with Crippen LogP contribution in [0.1, 0.15) is 12.3 Å². The lowest BCUT2D eigenvalue weighted by atomic mass is 9.86. The summed E-state index contributed by atoms with van der Waals surface area (Å²) >= 11 is 5.93. The van der Waals surface area contributed by atoms with Gasteiger partial charge >= 0.3 is 6.18 Å². The normalized spacial score (nSPS) is 22.7. The number of nitrogens with zero attached hydrogens (tertiary/aromatic N) is 3. The molecule has 112 valence electrons. The third kappa shape index (κ3) is 2.28. The van der Waals surface area contributed by atoms with Gasteiger partial charge in [-0.25, -0.2) is 0 Å². The Balaban J connectivity index is 2.04. The van der Waals surface area contributed by atoms with E-state index in [-0.39, 0.29) is 36.1 Å². The maximum absolute atomic E-state index is 13.4. The maximum atomic E-state index is 13.4. The first-order valence-corrected chi connectivity index (χ1v) is 6.54. The van der Waals surface area contributed by atoms with E-state index in [2.05, 4.69) is 20.4 Å². The van der Waals surface area contributed by atoms with Gasteiger partial charge in [0.05, 0.1) is 5.02 Å². The minimum absolute atomic E-state index is 0.0499. The van der Waals surface area contributed by atoms with Crippen molar-refractivity contribution in [2.75, 3.05) is 13.1 Å². The molecule has 0 spiro atoms. The topological polar surface area (TPSA) is 63.8 Å². The zero-order chi connectivity index (χ0) is 15.1. The van der Waals surface area contributed by atoms with E-state index in [1.165, 1.54) is 6.20 Å². The molecule has 9 heteroatoms. The number of hydrogen-bond acceptors (Lipinski definition) is 5. The van der Waals surface area contributed by atoms with Gasteiger partial charge in [0.15, 0.2) is 5.41 Å². The summed E-state index contributed by atoms with van der Waals surface area (Å²) in [5, 5.41) is 6.52. The Kier molecular flexibility index (Phi) is 3.37. The molecule has 0 aliphatic carbocycles. The molecule has 0 bridgehead atoms. The van der Waals surface area contributed by atoms with E-state index in [9.17, 15) is 13.2 Å². The average molecular weight is 319 g/mol.